The third kappa shape index (κ3) is 3.64. The van der Waals surface area contributed by atoms with Gasteiger partial charge in [-0.3, -0.25) is 4.79 Å². The Morgan fingerprint density at radius 1 is 1.40 bits per heavy atom. The van der Waals surface area contributed by atoms with Gasteiger partial charge in [-0.2, -0.15) is 0 Å². The lowest BCUT2D eigenvalue weighted by Crippen LogP contribution is -2.23. The van der Waals surface area contributed by atoms with E-state index in [0.717, 1.165) is 18.2 Å². The van der Waals surface area contributed by atoms with E-state index in [1.165, 1.54) is 37.0 Å². The Morgan fingerprint density at radius 3 is 2.75 bits per heavy atom. The molecule has 0 radical (unpaired) electrons. The van der Waals surface area contributed by atoms with Crippen LogP contribution in [0.4, 0.5) is 10.9 Å². The van der Waals surface area contributed by atoms with Crippen LogP contribution in [0.1, 0.15) is 42.3 Å². The Balaban J connectivity index is 2.07. The third-order valence-electron chi connectivity index (χ3n) is 3.24. The van der Waals surface area contributed by atoms with Crippen molar-refractivity contribution >= 4 is 28.2 Å². The highest BCUT2D eigenvalue weighted by atomic mass is 32.1. The van der Waals surface area contributed by atoms with E-state index < -0.39 is 0 Å². The minimum absolute atomic E-state index is 0.191. The molecule has 1 fully saturated rings. The van der Waals surface area contributed by atoms with Crippen LogP contribution in [0, 0.1) is 11.8 Å². The average molecular weight is 292 g/mol. The topological polar surface area (TPSA) is 71.2 Å². The van der Waals surface area contributed by atoms with Crippen molar-refractivity contribution in [3.8, 4) is 11.8 Å². The predicted octanol–water partition coefficient (Wildman–Crippen LogP) is 1.86. The van der Waals surface area contributed by atoms with E-state index in [-0.39, 0.29) is 5.91 Å². The number of nitrogens with one attached hydrogen (secondary N) is 1. The van der Waals surface area contributed by atoms with Crippen LogP contribution in [0.25, 0.3) is 0 Å². The highest BCUT2D eigenvalue weighted by Crippen LogP contribution is 2.29. The molecule has 1 aliphatic rings. The number of rotatable bonds is 3. The molecule has 0 saturated carbocycles. The molecule has 0 unspecified atom stereocenters. The van der Waals surface area contributed by atoms with Crippen LogP contribution in [-0.4, -0.2) is 30.5 Å². The molecule has 6 heteroatoms. The fourth-order valence-electron chi connectivity index (χ4n) is 2.17. The third-order valence-corrected chi connectivity index (χ3v) is 4.37. The molecular weight excluding hydrogens is 272 g/mol. The van der Waals surface area contributed by atoms with Crippen molar-refractivity contribution in [2.45, 2.75) is 32.6 Å². The van der Waals surface area contributed by atoms with E-state index in [2.05, 4.69) is 27.0 Å². The maximum absolute atomic E-state index is 12.0. The largest absolute Gasteiger partial charge is 0.382 e. The maximum atomic E-state index is 12.0. The number of thiazole rings is 1. The predicted molar refractivity (Wildman–Crippen MR) is 83.0 cm³/mol. The molecule has 0 atom stereocenters. The van der Waals surface area contributed by atoms with E-state index in [1.54, 1.807) is 6.92 Å². The summed E-state index contributed by atoms with van der Waals surface area (Å²) in [5, 5.41) is 3.59. The first-order chi connectivity index (χ1) is 9.72. The molecule has 0 aliphatic carbocycles. The second-order valence-electron chi connectivity index (χ2n) is 4.72. The summed E-state index contributed by atoms with van der Waals surface area (Å²) in [5.74, 6) is 5.66. The normalized spacial score (nSPS) is 15.2. The molecule has 20 heavy (non-hydrogen) atoms. The lowest BCUT2D eigenvalue weighted by molar-refractivity contribution is 0.0963. The maximum Gasteiger partial charge on any atom is 0.266 e. The highest BCUT2D eigenvalue weighted by molar-refractivity contribution is 7.18. The molecule has 1 aromatic rings. The summed E-state index contributed by atoms with van der Waals surface area (Å²) in [4.78, 5) is 19.1. The molecule has 108 valence electrons. The van der Waals surface area contributed by atoms with Gasteiger partial charge in [-0.25, -0.2) is 4.98 Å². The number of nitrogens with two attached hydrogens (primary N) is 1. The standard InChI is InChI=1S/C14H20N4OS/c1-2-3-8-16-13(19)11-12(15)17-14(20-11)18-9-6-4-5-7-10-18/h4-10,15H2,1H3,(H,16,19). The minimum Gasteiger partial charge on any atom is -0.382 e. The lowest BCUT2D eigenvalue weighted by Gasteiger charge is -2.18. The molecule has 0 aromatic carbocycles. The molecule has 3 N–H and O–H groups in total. The summed E-state index contributed by atoms with van der Waals surface area (Å²) >= 11 is 1.37. The number of amides is 1. The van der Waals surface area contributed by atoms with Crippen LogP contribution in [-0.2, 0) is 0 Å². The molecule has 0 spiro atoms. The van der Waals surface area contributed by atoms with E-state index in [1.807, 2.05) is 0 Å². The fraction of sp³-hybridized carbons (Fsp3) is 0.571. The van der Waals surface area contributed by atoms with Crippen molar-refractivity contribution in [3.05, 3.63) is 4.88 Å². The van der Waals surface area contributed by atoms with Gasteiger partial charge in [-0.1, -0.05) is 30.1 Å². The van der Waals surface area contributed by atoms with Gasteiger partial charge in [0.25, 0.3) is 5.91 Å². The van der Waals surface area contributed by atoms with Crippen molar-refractivity contribution in [1.29, 1.82) is 0 Å². The average Bonchev–Trinajstić information content (AvgIpc) is 2.66. The fourth-order valence-corrected chi connectivity index (χ4v) is 3.13. The van der Waals surface area contributed by atoms with Crippen molar-refractivity contribution < 1.29 is 4.79 Å². The first-order valence-corrected chi connectivity index (χ1v) is 7.73. The number of nitrogens with zero attached hydrogens (tertiary/aromatic N) is 2. The molecule has 2 rings (SSSR count). The van der Waals surface area contributed by atoms with Gasteiger partial charge in [0.05, 0.1) is 6.54 Å². The van der Waals surface area contributed by atoms with Gasteiger partial charge in [0.15, 0.2) is 5.13 Å². The Bertz CT molecular complexity index is 521. The van der Waals surface area contributed by atoms with Gasteiger partial charge in [0.1, 0.15) is 10.7 Å². The molecule has 1 amide bonds. The van der Waals surface area contributed by atoms with Crippen LogP contribution in [0.2, 0.25) is 0 Å². The minimum atomic E-state index is -0.191. The van der Waals surface area contributed by atoms with Crippen LogP contribution in [0.3, 0.4) is 0 Å². The summed E-state index contributed by atoms with van der Waals surface area (Å²) < 4.78 is 0. The molecule has 0 bridgehead atoms. The number of aromatic nitrogens is 1. The summed E-state index contributed by atoms with van der Waals surface area (Å²) in [6.07, 6.45) is 4.88. The summed E-state index contributed by atoms with van der Waals surface area (Å²) in [6.45, 7) is 4.07. The van der Waals surface area contributed by atoms with Crippen LogP contribution >= 0.6 is 11.3 Å². The first-order valence-electron chi connectivity index (χ1n) is 6.91. The Morgan fingerprint density at radius 2 is 2.10 bits per heavy atom. The number of hydrogen-bond donors (Lipinski definition) is 2. The van der Waals surface area contributed by atoms with Crippen LogP contribution in [0.15, 0.2) is 0 Å². The second-order valence-corrected chi connectivity index (χ2v) is 5.70. The zero-order valence-electron chi connectivity index (χ0n) is 11.7. The van der Waals surface area contributed by atoms with E-state index in [0.29, 0.717) is 17.2 Å². The number of hydrogen-bond acceptors (Lipinski definition) is 5. The smallest absolute Gasteiger partial charge is 0.266 e. The molecule has 5 nitrogen and oxygen atoms in total. The number of carbonyl (C=O) groups is 1. The van der Waals surface area contributed by atoms with E-state index in [9.17, 15) is 4.79 Å². The highest BCUT2D eigenvalue weighted by Gasteiger charge is 2.20. The van der Waals surface area contributed by atoms with Gasteiger partial charge >= 0.3 is 0 Å². The van der Waals surface area contributed by atoms with Crippen molar-refractivity contribution in [3.63, 3.8) is 0 Å². The van der Waals surface area contributed by atoms with Crippen molar-refractivity contribution in [2.24, 2.45) is 0 Å². The number of carbonyl (C=O) groups excluding carboxylic acids is 1. The summed E-state index contributed by atoms with van der Waals surface area (Å²) in [7, 11) is 0. The molecule has 1 aliphatic heterocycles. The van der Waals surface area contributed by atoms with Crippen molar-refractivity contribution in [2.75, 3.05) is 30.3 Å². The van der Waals surface area contributed by atoms with Gasteiger partial charge in [-0.15, -0.1) is 5.92 Å². The number of anilines is 2. The van der Waals surface area contributed by atoms with Gasteiger partial charge < -0.3 is 16.0 Å². The Hall–Kier alpha value is -1.74. The molecule has 1 saturated heterocycles. The van der Waals surface area contributed by atoms with Gasteiger partial charge in [0, 0.05) is 13.1 Å². The summed E-state index contributed by atoms with van der Waals surface area (Å²) in [5.41, 5.74) is 5.87. The second kappa shape index (κ2) is 7.15. The molecule has 2 heterocycles. The molecule has 1 aromatic heterocycles. The first kappa shape index (κ1) is 14.7. The van der Waals surface area contributed by atoms with Gasteiger partial charge in [-0.05, 0) is 19.8 Å². The zero-order valence-corrected chi connectivity index (χ0v) is 12.6. The number of nitrogen functional groups attached to an aromatic ring is 1. The quantitative estimate of drug-likeness (QED) is 0.834. The van der Waals surface area contributed by atoms with E-state index >= 15 is 0 Å². The van der Waals surface area contributed by atoms with Crippen LogP contribution in [0.5, 0.6) is 0 Å². The van der Waals surface area contributed by atoms with Crippen molar-refractivity contribution in [1.82, 2.24) is 10.3 Å². The summed E-state index contributed by atoms with van der Waals surface area (Å²) in [6, 6.07) is 0. The monoisotopic (exact) mass is 292 g/mol. The Labute approximate surface area is 123 Å². The lowest BCUT2D eigenvalue weighted by atomic mass is 10.2. The zero-order chi connectivity index (χ0) is 14.4. The van der Waals surface area contributed by atoms with Crippen LogP contribution < -0.4 is 16.0 Å². The SMILES string of the molecule is CC#CCNC(=O)c1sc(N2CCCCCC2)nc1N. The Kier molecular flexibility index (Phi) is 5.24. The van der Waals surface area contributed by atoms with E-state index in [4.69, 9.17) is 5.73 Å². The molecular formula is C14H20N4OS. The van der Waals surface area contributed by atoms with Gasteiger partial charge in [0.2, 0.25) is 0 Å².